The summed E-state index contributed by atoms with van der Waals surface area (Å²) in [6.07, 6.45) is 11.3. The Morgan fingerprint density at radius 3 is 2.04 bits per heavy atom. The molecule has 0 spiro atoms. The molecule has 0 rings (SSSR count). The van der Waals surface area contributed by atoms with Crippen molar-refractivity contribution < 1.29 is 19.1 Å². The number of ether oxygens (including phenoxy) is 2. The summed E-state index contributed by atoms with van der Waals surface area (Å²) in [6, 6.07) is 0. The molecule has 0 fully saturated rings. The van der Waals surface area contributed by atoms with Gasteiger partial charge in [0.15, 0.2) is 0 Å². The largest absolute Gasteiger partial charge is 0.466 e. The van der Waals surface area contributed by atoms with Crippen LogP contribution in [0.25, 0.3) is 0 Å². The minimum Gasteiger partial charge on any atom is -0.466 e. The molecule has 1 atom stereocenters. The summed E-state index contributed by atoms with van der Waals surface area (Å²) in [6.45, 7) is 9.75. The van der Waals surface area contributed by atoms with Crippen LogP contribution in [0.1, 0.15) is 105 Å². The van der Waals surface area contributed by atoms with E-state index in [1.807, 2.05) is 0 Å². The van der Waals surface area contributed by atoms with Gasteiger partial charge in [0.2, 0.25) is 0 Å². The zero-order chi connectivity index (χ0) is 19.6. The summed E-state index contributed by atoms with van der Waals surface area (Å²) >= 11 is 0. The van der Waals surface area contributed by atoms with Crippen LogP contribution in [0, 0.1) is 11.8 Å². The second-order valence-electron chi connectivity index (χ2n) is 7.77. The predicted octanol–water partition coefficient (Wildman–Crippen LogP) is 6.07. The van der Waals surface area contributed by atoms with Gasteiger partial charge in [-0.1, -0.05) is 59.8 Å². The average Bonchev–Trinajstić information content (AvgIpc) is 2.61. The van der Waals surface area contributed by atoms with Crippen molar-refractivity contribution in [1.29, 1.82) is 0 Å². The van der Waals surface area contributed by atoms with E-state index in [2.05, 4.69) is 27.7 Å². The zero-order valence-corrected chi connectivity index (χ0v) is 17.7. The van der Waals surface area contributed by atoms with Gasteiger partial charge in [0.05, 0.1) is 13.2 Å². The first-order chi connectivity index (χ1) is 12.5. The molecule has 0 saturated carbocycles. The fourth-order valence-corrected chi connectivity index (χ4v) is 2.81. The lowest BCUT2D eigenvalue weighted by Crippen LogP contribution is -2.13. The smallest absolute Gasteiger partial charge is 0.305 e. The van der Waals surface area contributed by atoms with Crippen LogP contribution < -0.4 is 0 Å². The highest BCUT2D eigenvalue weighted by Crippen LogP contribution is 2.14. The maximum atomic E-state index is 11.8. The van der Waals surface area contributed by atoms with E-state index in [1.54, 1.807) is 0 Å². The molecule has 0 bridgehead atoms. The molecule has 0 saturated heterocycles. The number of unbranched alkanes of at least 4 members (excludes halogenated alkanes) is 4. The molecule has 0 aliphatic carbocycles. The van der Waals surface area contributed by atoms with Gasteiger partial charge in [0.25, 0.3) is 0 Å². The van der Waals surface area contributed by atoms with Crippen LogP contribution in [-0.4, -0.2) is 25.2 Å². The topological polar surface area (TPSA) is 52.6 Å². The molecule has 0 heterocycles. The lowest BCUT2D eigenvalue weighted by molar-refractivity contribution is -0.146. The number of hydrogen-bond donors (Lipinski definition) is 0. The van der Waals surface area contributed by atoms with Crippen molar-refractivity contribution in [3.63, 3.8) is 0 Å². The van der Waals surface area contributed by atoms with Crippen molar-refractivity contribution in [1.82, 2.24) is 0 Å². The van der Waals surface area contributed by atoms with Crippen LogP contribution in [0.5, 0.6) is 0 Å². The summed E-state index contributed by atoms with van der Waals surface area (Å²) in [5, 5.41) is 0. The second-order valence-corrected chi connectivity index (χ2v) is 7.77. The van der Waals surface area contributed by atoms with E-state index in [0.29, 0.717) is 37.9 Å². The maximum Gasteiger partial charge on any atom is 0.305 e. The van der Waals surface area contributed by atoms with E-state index in [-0.39, 0.29) is 11.9 Å². The standard InChI is InChI=1S/C22H42O4/c1-5-7-14-20(6-2)18-26-22(24)15-9-8-12-17-25-21(23)16-11-10-13-19(3)4/h19-20H,5-18H2,1-4H3. The summed E-state index contributed by atoms with van der Waals surface area (Å²) in [7, 11) is 0. The Hall–Kier alpha value is -1.06. The third-order valence-electron chi connectivity index (χ3n) is 4.72. The molecule has 154 valence electrons. The zero-order valence-electron chi connectivity index (χ0n) is 17.7. The highest BCUT2D eigenvalue weighted by atomic mass is 16.5. The molecule has 0 aromatic rings. The summed E-state index contributed by atoms with van der Waals surface area (Å²) in [5.41, 5.74) is 0. The highest BCUT2D eigenvalue weighted by Gasteiger charge is 2.10. The quantitative estimate of drug-likeness (QED) is 0.230. The molecule has 0 aliphatic rings. The van der Waals surface area contributed by atoms with Gasteiger partial charge in [0, 0.05) is 12.8 Å². The number of esters is 2. The van der Waals surface area contributed by atoms with E-state index in [9.17, 15) is 9.59 Å². The molecule has 0 radical (unpaired) electrons. The van der Waals surface area contributed by atoms with Crippen LogP contribution in [-0.2, 0) is 19.1 Å². The molecule has 0 amide bonds. The fourth-order valence-electron chi connectivity index (χ4n) is 2.81. The van der Waals surface area contributed by atoms with Gasteiger partial charge in [-0.05, 0) is 43.9 Å². The number of carbonyl (C=O) groups is 2. The first-order valence-corrected chi connectivity index (χ1v) is 10.8. The maximum absolute atomic E-state index is 11.8. The number of carbonyl (C=O) groups excluding carboxylic acids is 2. The third kappa shape index (κ3) is 16.4. The number of hydrogen-bond acceptors (Lipinski definition) is 4. The molecule has 0 aromatic heterocycles. The number of rotatable bonds is 17. The summed E-state index contributed by atoms with van der Waals surface area (Å²) in [5.74, 6) is 1.01. The molecule has 1 unspecified atom stereocenters. The summed E-state index contributed by atoms with van der Waals surface area (Å²) < 4.78 is 10.6. The molecule has 26 heavy (non-hydrogen) atoms. The van der Waals surface area contributed by atoms with E-state index in [1.165, 1.54) is 19.3 Å². The van der Waals surface area contributed by atoms with E-state index >= 15 is 0 Å². The van der Waals surface area contributed by atoms with Crippen molar-refractivity contribution in [3.05, 3.63) is 0 Å². The van der Waals surface area contributed by atoms with E-state index in [4.69, 9.17) is 9.47 Å². The normalized spacial score (nSPS) is 12.2. The monoisotopic (exact) mass is 370 g/mol. The Balaban J connectivity index is 3.50. The average molecular weight is 371 g/mol. The third-order valence-corrected chi connectivity index (χ3v) is 4.72. The van der Waals surface area contributed by atoms with Gasteiger partial charge in [-0.2, -0.15) is 0 Å². The van der Waals surface area contributed by atoms with Crippen molar-refractivity contribution >= 4 is 11.9 Å². The first-order valence-electron chi connectivity index (χ1n) is 10.8. The van der Waals surface area contributed by atoms with E-state index < -0.39 is 0 Å². The van der Waals surface area contributed by atoms with Gasteiger partial charge in [0.1, 0.15) is 0 Å². The fraction of sp³-hybridized carbons (Fsp3) is 0.909. The van der Waals surface area contributed by atoms with Gasteiger partial charge >= 0.3 is 11.9 Å². The van der Waals surface area contributed by atoms with Crippen molar-refractivity contribution in [2.75, 3.05) is 13.2 Å². The van der Waals surface area contributed by atoms with Gasteiger partial charge < -0.3 is 9.47 Å². The Kier molecular flexibility index (Phi) is 16.7. The van der Waals surface area contributed by atoms with Crippen LogP contribution in [0.4, 0.5) is 0 Å². The van der Waals surface area contributed by atoms with Crippen LogP contribution in [0.2, 0.25) is 0 Å². The molecule has 4 nitrogen and oxygen atoms in total. The molecule has 0 aliphatic heterocycles. The van der Waals surface area contributed by atoms with Crippen LogP contribution in [0.3, 0.4) is 0 Å². The lowest BCUT2D eigenvalue weighted by atomic mass is 10.0. The van der Waals surface area contributed by atoms with Crippen molar-refractivity contribution in [3.8, 4) is 0 Å². The van der Waals surface area contributed by atoms with E-state index in [0.717, 1.165) is 44.9 Å². The summed E-state index contributed by atoms with van der Waals surface area (Å²) in [4.78, 5) is 23.3. The Labute approximate surface area is 161 Å². The van der Waals surface area contributed by atoms with Gasteiger partial charge in [-0.25, -0.2) is 0 Å². The highest BCUT2D eigenvalue weighted by molar-refractivity contribution is 5.69. The molecule has 4 heteroatoms. The Morgan fingerprint density at radius 2 is 1.42 bits per heavy atom. The molecule has 0 aromatic carbocycles. The second kappa shape index (κ2) is 17.4. The minimum atomic E-state index is -0.0953. The van der Waals surface area contributed by atoms with Gasteiger partial charge in [-0.3, -0.25) is 9.59 Å². The van der Waals surface area contributed by atoms with Crippen molar-refractivity contribution in [2.45, 2.75) is 105 Å². The Bertz CT molecular complexity index is 352. The molecular weight excluding hydrogens is 328 g/mol. The molecule has 0 N–H and O–H groups in total. The Morgan fingerprint density at radius 1 is 0.769 bits per heavy atom. The van der Waals surface area contributed by atoms with Crippen LogP contribution >= 0.6 is 0 Å². The first kappa shape index (κ1) is 24.9. The SMILES string of the molecule is CCCCC(CC)COC(=O)CCCCCOC(=O)CCCCC(C)C. The minimum absolute atomic E-state index is 0.0918. The van der Waals surface area contributed by atoms with Crippen molar-refractivity contribution in [2.24, 2.45) is 11.8 Å². The van der Waals surface area contributed by atoms with Gasteiger partial charge in [-0.15, -0.1) is 0 Å². The van der Waals surface area contributed by atoms with Crippen LogP contribution in [0.15, 0.2) is 0 Å². The molecular formula is C22H42O4. The predicted molar refractivity (Wildman–Crippen MR) is 107 cm³/mol. The lowest BCUT2D eigenvalue weighted by Gasteiger charge is -2.14.